The Bertz CT molecular complexity index is 1310. The number of nitrogens with two attached hydrogens (primary N) is 1. The van der Waals surface area contributed by atoms with Gasteiger partial charge in [-0.05, 0) is 42.3 Å². The lowest BCUT2D eigenvalue weighted by atomic mass is 10.00. The van der Waals surface area contributed by atoms with Crippen molar-refractivity contribution in [3.8, 4) is 5.75 Å². The van der Waals surface area contributed by atoms with Crippen LogP contribution in [0.25, 0.3) is 0 Å². The van der Waals surface area contributed by atoms with Crippen LogP contribution >= 0.6 is 11.6 Å². The monoisotopic (exact) mass is 510 g/mol. The third-order valence-corrected chi connectivity index (χ3v) is 7.71. The summed E-state index contributed by atoms with van der Waals surface area (Å²) < 4.78 is 75.5. The van der Waals surface area contributed by atoms with E-state index in [1.807, 2.05) is 0 Å². The molecular weight excluding hydrogens is 489 g/mol. The molecular formula is C24H22ClF3N2O3S. The third-order valence-electron chi connectivity index (χ3n) is 5.58. The van der Waals surface area contributed by atoms with Gasteiger partial charge < -0.3 is 10.5 Å². The van der Waals surface area contributed by atoms with Crippen LogP contribution < -0.4 is 14.8 Å². The summed E-state index contributed by atoms with van der Waals surface area (Å²) in [7, 11) is -4.21. The molecule has 0 saturated carbocycles. The molecule has 1 heterocycles. The summed E-state index contributed by atoms with van der Waals surface area (Å²) >= 11 is 6.05. The lowest BCUT2D eigenvalue weighted by molar-refractivity contribution is 0.0172. The molecule has 34 heavy (non-hydrogen) atoms. The van der Waals surface area contributed by atoms with Crippen molar-refractivity contribution >= 4 is 27.3 Å². The van der Waals surface area contributed by atoms with Crippen molar-refractivity contribution in [2.45, 2.75) is 36.8 Å². The summed E-state index contributed by atoms with van der Waals surface area (Å²) in [6.07, 6.45) is 0.424. The minimum absolute atomic E-state index is 0.0370. The van der Waals surface area contributed by atoms with Gasteiger partial charge in [0.15, 0.2) is 0 Å². The molecule has 4 rings (SSSR count). The zero-order chi connectivity index (χ0) is 24.7. The molecule has 0 aliphatic carbocycles. The average molecular weight is 511 g/mol. The molecule has 10 heteroatoms. The van der Waals surface area contributed by atoms with Gasteiger partial charge in [0.2, 0.25) is 0 Å². The lowest BCUT2D eigenvalue weighted by Gasteiger charge is -2.34. The topological polar surface area (TPSA) is 72.6 Å². The summed E-state index contributed by atoms with van der Waals surface area (Å²) in [5, 5.41) is 0.209. The van der Waals surface area contributed by atoms with Gasteiger partial charge in [-0.25, -0.2) is 21.6 Å². The van der Waals surface area contributed by atoms with Gasteiger partial charge in [0.05, 0.1) is 15.6 Å². The molecule has 0 fully saturated rings. The average Bonchev–Trinajstić information content (AvgIpc) is 2.78. The molecule has 0 amide bonds. The van der Waals surface area contributed by atoms with E-state index < -0.39 is 33.4 Å². The highest BCUT2D eigenvalue weighted by Gasteiger charge is 2.34. The summed E-state index contributed by atoms with van der Waals surface area (Å²) in [6, 6.07) is 13.3. The molecule has 0 unspecified atom stereocenters. The normalized spacial score (nSPS) is 16.3. The molecule has 0 spiro atoms. The van der Waals surface area contributed by atoms with E-state index in [-0.39, 0.29) is 28.6 Å². The number of hydrogen-bond acceptors (Lipinski definition) is 4. The van der Waals surface area contributed by atoms with Gasteiger partial charge in [-0.2, -0.15) is 0 Å². The van der Waals surface area contributed by atoms with Crippen molar-refractivity contribution in [3.05, 3.63) is 88.2 Å². The number of halogens is 4. The first-order valence-electron chi connectivity index (χ1n) is 10.4. The van der Waals surface area contributed by atoms with Crippen molar-refractivity contribution in [1.82, 2.24) is 0 Å². The van der Waals surface area contributed by atoms with Gasteiger partial charge in [-0.1, -0.05) is 35.9 Å². The van der Waals surface area contributed by atoms with Crippen LogP contribution in [-0.2, 0) is 29.0 Å². The summed E-state index contributed by atoms with van der Waals surface area (Å²) in [5.74, 6) is -3.42. The fraction of sp³-hybridized carbons (Fsp3) is 0.250. The van der Waals surface area contributed by atoms with Gasteiger partial charge in [-0.15, -0.1) is 0 Å². The number of alkyl halides is 2. The van der Waals surface area contributed by atoms with E-state index in [9.17, 15) is 21.6 Å². The van der Waals surface area contributed by atoms with Crippen LogP contribution in [0.2, 0.25) is 5.02 Å². The Morgan fingerprint density at radius 3 is 2.59 bits per heavy atom. The molecule has 2 N–H and O–H groups in total. The molecule has 0 saturated heterocycles. The number of hydrogen-bond donors (Lipinski definition) is 1. The van der Waals surface area contributed by atoms with Crippen LogP contribution in [0.4, 0.5) is 18.9 Å². The number of rotatable bonds is 6. The zero-order valence-corrected chi connectivity index (χ0v) is 19.7. The van der Waals surface area contributed by atoms with E-state index >= 15 is 0 Å². The van der Waals surface area contributed by atoms with E-state index in [4.69, 9.17) is 22.1 Å². The van der Waals surface area contributed by atoms with Gasteiger partial charge >= 0.3 is 0 Å². The Labute approximate surface area is 201 Å². The minimum Gasteiger partial charge on any atom is -0.489 e. The first-order chi connectivity index (χ1) is 16.0. The molecule has 180 valence electrons. The number of sulfonamides is 1. The molecule has 3 aromatic carbocycles. The van der Waals surface area contributed by atoms with Crippen LogP contribution in [-0.4, -0.2) is 21.0 Å². The molecule has 0 aromatic heterocycles. The Morgan fingerprint density at radius 1 is 1.15 bits per heavy atom. The number of fused-ring (bicyclic) bond motifs is 1. The maximum atomic E-state index is 14.1. The van der Waals surface area contributed by atoms with Crippen LogP contribution in [0.15, 0.2) is 65.6 Å². The van der Waals surface area contributed by atoms with Crippen LogP contribution in [0.5, 0.6) is 5.75 Å². The number of ether oxygens (including phenoxy) is 1. The van der Waals surface area contributed by atoms with E-state index in [2.05, 4.69) is 0 Å². The van der Waals surface area contributed by atoms with Crippen molar-refractivity contribution in [2.75, 3.05) is 10.8 Å². The predicted molar refractivity (Wildman–Crippen MR) is 124 cm³/mol. The second-order valence-electron chi connectivity index (χ2n) is 8.20. The molecule has 1 aliphatic rings. The Balaban J connectivity index is 1.69. The molecule has 0 radical (unpaired) electrons. The van der Waals surface area contributed by atoms with Crippen LogP contribution in [0.1, 0.15) is 23.6 Å². The van der Waals surface area contributed by atoms with Crippen molar-refractivity contribution in [1.29, 1.82) is 0 Å². The van der Waals surface area contributed by atoms with Gasteiger partial charge in [-0.3, -0.25) is 4.31 Å². The Morgan fingerprint density at radius 2 is 1.88 bits per heavy atom. The van der Waals surface area contributed by atoms with E-state index in [1.165, 1.54) is 36.4 Å². The fourth-order valence-electron chi connectivity index (χ4n) is 3.81. The molecule has 5 nitrogen and oxygen atoms in total. The summed E-state index contributed by atoms with van der Waals surface area (Å²) in [4.78, 5) is -0.268. The number of anilines is 1. The van der Waals surface area contributed by atoms with Crippen molar-refractivity contribution < 1.29 is 26.3 Å². The van der Waals surface area contributed by atoms with Gasteiger partial charge in [0.1, 0.15) is 18.2 Å². The van der Waals surface area contributed by atoms with Crippen molar-refractivity contribution in [2.24, 2.45) is 5.73 Å². The van der Waals surface area contributed by atoms with Crippen LogP contribution in [0.3, 0.4) is 0 Å². The highest BCUT2D eigenvalue weighted by molar-refractivity contribution is 7.92. The summed E-state index contributed by atoms with van der Waals surface area (Å²) in [6.45, 7) is 0.505. The van der Waals surface area contributed by atoms with E-state index in [0.717, 1.165) is 10.4 Å². The first kappa shape index (κ1) is 24.4. The summed E-state index contributed by atoms with van der Waals surface area (Å²) in [5.41, 5.74) is 6.86. The maximum absolute atomic E-state index is 14.1. The molecule has 1 atom stereocenters. The number of nitrogens with zero attached hydrogens (tertiary/aromatic N) is 1. The van der Waals surface area contributed by atoms with Gasteiger partial charge in [0, 0.05) is 36.7 Å². The fourth-order valence-corrected chi connectivity index (χ4v) is 5.62. The minimum atomic E-state index is -4.21. The Kier molecular flexibility index (Phi) is 6.54. The third kappa shape index (κ3) is 4.87. The standard InChI is InChI=1S/C24H22ClF3N2O3S/c1-24(27,28)16-4-2-5-19(11-16)34(31,32)30-13-17(29)10-15-8-9-18(12-23(15)30)33-14-20-21(25)6-3-7-22(20)26/h2-9,11-12,17H,10,13-14,29H2,1H3/t17-/m1/s1. The number of benzene rings is 3. The molecule has 3 aromatic rings. The van der Waals surface area contributed by atoms with E-state index in [1.54, 1.807) is 18.2 Å². The highest BCUT2D eigenvalue weighted by atomic mass is 35.5. The molecule has 1 aliphatic heterocycles. The van der Waals surface area contributed by atoms with Gasteiger partial charge in [0.25, 0.3) is 15.9 Å². The Hall–Kier alpha value is -2.75. The highest BCUT2D eigenvalue weighted by Crippen LogP contribution is 2.36. The first-order valence-corrected chi connectivity index (χ1v) is 12.2. The van der Waals surface area contributed by atoms with Crippen molar-refractivity contribution in [3.63, 3.8) is 0 Å². The quantitative estimate of drug-likeness (QED) is 0.491. The smallest absolute Gasteiger partial charge is 0.270 e. The second kappa shape index (κ2) is 9.13. The maximum Gasteiger partial charge on any atom is 0.270 e. The zero-order valence-electron chi connectivity index (χ0n) is 18.1. The van der Waals surface area contributed by atoms with Crippen LogP contribution in [0, 0.1) is 5.82 Å². The largest absolute Gasteiger partial charge is 0.489 e. The lowest BCUT2D eigenvalue weighted by Crippen LogP contribution is -2.46. The SMILES string of the molecule is CC(F)(F)c1cccc(S(=O)(=O)N2C[C@H](N)Cc3ccc(OCc4c(F)cccc4Cl)cc32)c1. The van der Waals surface area contributed by atoms with E-state index in [0.29, 0.717) is 30.3 Å². The second-order valence-corrected chi connectivity index (χ2v) is 10.5. The predicted octanol–water partition coefficient (Wildman–Crippen LogP) is 5.25. The molecule has 0 bridgehead atoms.